The van der Waals surface area contributed by atoms with Crippen LogP contribution in [0.25, 0.3) is 6.08 Å². The highest BCUT2D eigenvalue weighted by molar-refractivity contribution is 7.13. The summed E-state index contributed by atoms with van der Waals surface area (Å²) in [6.07, 6.45) is 2.42. The van der Waals surface area contributed by atoms with Crippen molar-refractivity contribution in [2.75, 3.05) is 5.73 Å². The van der Waals surface area contributed by atoms with E-state index in [1.54, 1.807) is 5.38 Å². The van der Waals surface area contributed by atoms with Crippen molar-refractivity contribution in [2.24, 2.45) is 0 Å². The molecule has 0 amide bonds. The molecule has 0 fully saturated rings. The van der Waals surface area contributed by atoms with Crippen molar-refractivity contribution < 1.29 is 5.11 Å². The largest absolute Gasteiger partial charge is 0.516 e. The Morgan fingerprint density at radius 3 is 2.80 bits per heavy atom. The van der Waals surface area contributed by atoms with Crippen molar-refractivity contribution in [1.82, 2.24) is 4.98 Å². The predicted octanol–water partition coefficient (Wildman–Crippen LogP) is 1.89. The number of hydrogen-bond donors (Lipinski definition) is 2. The van der Waals surface area contributed by atoms with Crippen LogP contribution in [-0.2, 0) is 0 Å². The highest BCUT2D eigenvalue weighted by Crippen LogP contribution is 2.11. The minimum Gasteiger partial charge on any atom is -0.516 e. The highest BCUT2D eigenvalue weighted by atomic mass is 32.1. The minimum atomic E-state index is 0. The molecule has 0 aliphatic carbocycles. The topological polar surface area (TPSA) is 59.1 Å². The summed E-state index contributed by atoms with van der Waals surface area (Å²) < 4.78 is 0. The van der Waals surface area contributed by atoms with E-state index < -0.39 is 0 Å². The molecule has 10 heavy (non-hydrogen) atoms. The summed E-state index contributed by atoms with van der Waals surface area (Å²) >= 11 is 1.35. The molecule has 0 bridgehead atoms. The maximum Gasteiger partial charge on any atom is 0.180 e. The van der Waals surface area contributed by atoms with Crippen molar-refractivity contribution in [3.05, 3.63) is 17.3 Å². The Morgan fingerprint density at radius 2 is 2.40 bits per heavy atom. The fourth-order valence-electron chi connectivity index (χ4n) is 0.454. The van der Waals surface area contributed by atoms with Gasteiger partial charge in [0, 0.05) is 5.38 Å². The third-order valence-corrected chi connectivity index (χ3v) is 1.48. The normalized spacial score (nSPS) is 9.60. The lowest BCUT2D eigenvalue weighted by Gasteiger charge is -1.76. The summed E-state index contributed by atoms with van der Waals surface area (Å²) in [5.41, 5.74) is 6.00. The van der Waals surface area contributed by atoms with Crippen molar-refractivity contribution in [3.8, 4) is 0 Å². The van der Waals surface area contributed by atoms with Crippen LogP contribution >= 0.6 is 11.3 Å². The van der Waals surface area contributed by atoms with Crippen LogP contribution in [0.2, 0.25) is 0 Å². The van der Waals surface area contributed by atoms with E-state index >= 15 is 0 Å². The number of aliphatic hydroxyl groups excluding tert-OH is 1. The highest BCUT2D eigenvalue weighted by Gasteiger charge is 1.90. The van der Waals surface area contributed by atoms with Gasteiger partial charge in [-0.25, -0.2) is 4.98 Å². The van der Waals surface area contributed by atoms with Gasteiger partial charge in [0.2, 0.25) is 0 Å². The maximum atomic E-state index is 8.27. The average molecular weight is 158 g/mol. The van der Waals surface area contributed by atoms with Gasteiger partial charge >= 0.3 is 0 Å². The zero-order chi connectivity index (χ0) is 6.69. The lowest BCUT2D eigenvalue weighted by molar-refractivity contribution is 0.478. The second-order valence-corrected chi connectivity index (χ2v) is 2.32. The summed E-state index contributed by atoms with van der Waals surface area (Å²) in [5.74, 6) is 0. The van der Waals surface area contributed by atoms with Crippen LogP contribution in [0, 0.1) is 0 Å². The standard InChI is InChI=1S/C5H6N2OS.CH4/c6-5-7-4(1-2-8)3-9-5;/h1-3,8H,(H2,6,7);1H4/b2-1-;. The van der Waals surface area contributed by atoms with E-state index in [2.05, 4.69) is 4.98 Å². The number of aromatic nitrogens is 1. The van der Waals surface area contributed by atoms with E-state index in [0.717, 1.165) is 6.26 Å². The van der Waals surface area contributed by atoms with Gasteiger partial charge in [0.25, 0.3) is 0 Å². The minimum absolute atomic E-state index is 0. The molecule has 0 spiro atoms. The zero-order valence-electron chi connectivity index (χ0n) is 4.61. The number of nitrogens with two attached hydrogens (primary N) is 1. The quantitative estimate of drug-likeness (QED) is 0.613. The van der Waals surface area contributed by atoms with Crippen LogP contribution in [0.4, 0.5) is 5.13 Å². The van der Waals surface area contributed by atoms with Crippen molar-refractivity contribution in [3.63, 3.8) is 0 Å². The first-order valence-electron chi connectivity index (χ1n) is 2.34. The molecule has 3 N–H and O–H groups in total. The second-order valence-electron chi connectivity index (χ2n) is 1.43. The Bertz CT molecular complexity index is 219. The Hall–Kier alpha value is -1.03. The molecule has 56 valence electrons. The van der Waals surface area contributed by atoms with E-state index in [1.807, 2.05) is 0 Å². The smallest absolute Gasteiger partial charge is 0.180 e. The average Bonchev–Trinajstić information content (AvgIpc) is 2.17. The molecule has 1 rings (SSSR count). The Balaban J connectivity index is 0.000000810. The first-order valence-corrected chi connectivity index (χ1v) is 3.22. The van der Waals surface area contributed by atoms with E-state index in [4.69, 9.17) is 10.8 Å². The lowest BCUT2D eigenvalue weighted by Crippen LogP contribution is -1.80. The molecular formula is C6H10N2OS. The predicted molar refractivity (Wildman–Crippen MR) is 44.9 cm³/mol. The number of rotatable bonds is 1. The lowest BCUT2D eigenvalue weighted by atomic mass is 10.5. The van der Waals surface area contributed by atoms with Gasteiger partial charge in [-0.3, -0.25) is 0 Å². The van der Waals surface area contributed by atoms with Crippen LogP contribution < -0.4 is 5.73 Å². The third-order valence-electron chi connectivity index (χ3n) is 0.785. The Morgan fingerprint density at radius 1 is 1.70 bits per heavy atom. The van der Waals surface area contributed by atoms with Gasteiger partial charge in [-0.2, -0.15) is 0 Å². The fourth-order valence-corrected chi connectivity index (χ4v) is 0.984. The molecular weight excluding hydrogens is 148 g/mol. The van der Waals surface area contributed by atoms with E-state index in [1.165, 1.54) is 17.4 Å². The van der Waals surface area contributed by atoms with Gasteiger partial charge in [0.1, 0.15) is 0 Å². The number of aliphatic hydroxyl groups is 1. The van der Waals surface area contributed by atoms with Crippen LogP contribution in [0.15, 0.2) is 11.6 Å². The molecule has 0 aliphatic rings. The molecule has 1 aromatic heterocycles. The maximum absolute atomic E-state index is 8.27. The number of nitrogens with zero attached hydrogens (tertiary/aromatic N) is 1. The number of hydrogen-bond acceptors (Lipinski definition) is 4. The van der Waals surface area contributed by atoms with Crippen molar-refractivity contribution in [1.29, 1.82) is 0 Å². The van der Waals surface area contributed by atoms with Gasteiger partial charge in [-0.05, 0) is 6.08 Å². The van der Waals surface area contributed by atoms with Crippen molar-refractivity contribution in [2.45, 2.75) is 7.43 Å². The Labute approximate surface area is 63.8 Å². The van der Waals surface area contributed by atoms with Crippen LogP contribution in [0.3, 0.4) is 0 Å². The SMILES string of the molecule is C.Nc1nc(/C=C\O)cs1. The molecule has 0 unspecified atom stereocenters. The summed E-state index contributed by atoms with van der Waals surface area (Å²) in [6.45, 7) is 0. The Kier molecular flexibility index (Phi) is 3.49. The molecule has 3 nitrogen and oxygen atoms in total. The monoisotopic (exact) mass is 158 g/mol. The first kappa shape index (κ1) is 8.97. The van der Waals surface area contributed by atoms with E-state index in [-0.39, 0.29) is 7.43 Å². The van der Waals surface area contributed by atoms with Gasteiger partial charge < -0.3 is 10.8 Å². The molecule has 0 saturated heterocycles. The van der Waals surface area contributed by atoms with Gasteiger partial charge in [0.15, 0.2) is 5.13 Å². The van der Waals surface area contributed by atoms with Crippen LogP contribution in [0.5, 0.6) is 0 Å². The zero-order valence-corrected chi connectivity index (χ0v) is 5.43. The first-order chi connectivity index (χ1) is 4.33. The fraction of sp³-hybridized carbons (Fsp3) is 0.167. The molecule has 0 aromatic carbocycles. The van der Waals surface area contributed by atoms with Gasteiger partial charge in [0.05, 0.1) is 12.0 Å². The third kappa shape index (κ3) is 2.06. The van der Waals surface area contributed by atoms with Crippen LogP contribution in [0.1, 0.15) is 13.1 Å². The molecule has 1 aromatic rings. The summed E-state index contributed by atoms with van der Waals surface area (Å²) in [6, 6.07) is 0. The van der Waals surface area contributed by atoms with Gasteiger partial charge in [-0.15, -0.1) is 11.3 Å². The number of nitrogen functional groups attached to an aromatic ring is 1. The van der Waals surface area contributed by atoms with Crippen molar-refractivity contribution >= 4 is 22.5 Å². The molecule has 0 atom stereocenters. The van der Waals surface area contributed by atoms with E-state index in [0.29, 0.717) is 10.8 Å². The van der Waals surface area contributed by atoms with Gasteiger partial charge in [-0.1, -0.05) is 7.43 Å². The molecule has 4 heteroatoms. The number of thiazole rings is 1. The molecule has 0 saturated carbocycles. The molecule has 0 radical (unpaired) electrons. The summed E-state index contributed by atoms with van der Waals surface area (Å²) in [4.78, 5) is 3.85. The summed E-state index contributed by atoms with van der Waals surface area (Å²) in [7, 11) is 0. The molecule has 0 aliphatic heterocycles. The van der Waals surface area contributed by atoms with E-state index in [9.17, 15) is 0 Å². The molecule has 1 heterocycles. The number of anilines is 1. The summed E-state index contributed by atoms with van der Waals surface area (Å²) in [5, 5.41) is 10.6. The second kappa shape index (κ2) is 3.90. The van der Waals surface area contributed by atoms with Crippen LogP contribution in [-0.4, -0.2) is 10.1 Å².